The lowest BCUT2D eigenvalue weighted by molar-refractivity contribution is 0.673. The molecule has 5 heterocycles. The fraction of sp³-hybridized carbons (Fsp3) is 0. The summed E-state index contributed by atoms with van der Waals surface area (Å²) in [5, 5.41) is -0.221. The Balaban J connectivity index is 1.06. The third-order valence-electron chi connectivity index (χ3n) is 15.0. The molecule has 0 saturated carbocycles. The molecule has 0 bridgehead atoms. The summed E-state index contributed by atoms with van der Waals surface area (Å²) < 4.78 is 278. The second-order valence-corrected chi connectivity index (χ2v) is 23.0. The first kappa shape index (κ1) is 27.0. The highest BCUT2D eigenvalue weighted by molar-refractivity contribution is 7.20. The summed E-state index contributed by atoms with van der Waals surface area (Å²) in [6.07, 6.45) is 0. The average molecular weight is 1110 g/mol. The van der Waals surface area contributed by atoms with Crippen LogP contribution in [0.4, 0.5) is 0 Å². The lowest BCUT2D eigenvalue weighted by Crippen LogP contribution is -2.74. The molecule has 0 unspecified atom stereocenters. The Morgan fingerprint density at radius 3 is 1.57 bits per heavy atom. The van der Waals surface area contributed by atoms with Gasteiger partial charge in [-0.15, -0.1) is 0 Å². The standard InChI is InChI=1S/C75H48N6OSi/c1-3-25-51(26-4-1)83(52-27-5-2-6-28-52,54-30-22-24-50(48-54)79-63-38-14-7-31-55(63)56-32-8-15-39-64(56)79)53-29-21-23-49(47-53)73-76-74(62-37-12-19-43-68(62)80-65-40-16-9-33-57(65)58-34-10-17-41-66(58)80)78-75(77-73)81-67-42-18-11-36-61(67)71-69(81)46-45-60-59-35-13-20-44-70(59)82-72(60)71/h1-48H/i7D,8D,9D,10D,12D,14D,15D,16D,17D,19D,21D,22D,23D,24D,29D,30D,31D,32D,33D,34D,37D,38D,39D,40D,41D,43D,47D,48D. The van der Waals surface area contributed by atoms with Crippen molar-refractivity contribution in [2.24, 2.45) is 0 Å². The van der Waals surface area contributed by atoms with Crippen molar-refractivity contribution in [2.75, 3.05) is 0 Å². The summed E-state index contributed by atoms with van der Waals surface area (Å²) in [6.45, 7) is 0. The smallest absolute Gasteiger partial charge is 0.238 e. The highest BCUT2D eigenvalue weighted by atomic mass is 28.3. The van der Waals surface area contributed by atoms with Crippen molar-refractivity contribution in [1.82, 2.24) is 28.7 Å². The number of para-hydroxylation sites is 7. The van der Waals surface area contributed by atoms with Crippen LogP contribution in [0.2, 0.25) is 0 Å². The van der Waals surface area contributed by atoms with Crippen LogP contribution in [0.3, 0.4) is 0 Å². The van der Waals surface area contributed by atoms with Gasteiger partial charge >= 0.3 is 0 Å². The summed E-state index contributed by atoms with van der Waals surface area (Å²) in [4.78, 5) is 15.2. The van der Waals surface area contributed by atoms with E-state index >= 15 is 0 Å². The summed E-state index contributed by atoms with van der Waals surface area (Å²) >= 11 is 0. The van der Waals surface area contributed by atoms with Gasteiger partial charge in [0.25, 0.3) is 0 Å². The molecule has 12 aromatic carbocycles. The summed E-state index contributed by atoms with van der Waals surface area (Å²) in [5.41, 5.74) is -3.64. The van der Waals surface area contributed by atoms with E-state index in [1.165, 1.54) is 4.57 Å². The van der Waals surface area contributed by atoms with Crippen LogP contribution >= 0.6 is 0 Å². The van der Waals surface area contributed by atoms with Crippen LogP contribution in [0, 0.1) is 0 Å². The molecule has 8 heteroatoms. The highest BCUT2D eigenvalue weighted by Crippen LogP contribution is 2.42. The fourth-order valence-corrected chi connectivity index (χ4v) is 15.8. The number of aromatic nitrogens is 6. The van der Waals surface area contributed by atoms with Gasteiger partial charge in [0.15, 0.2) is 19.7 Å². The second-order valence-electron chi connectivity index (χ2n) is 19.3. The van der Waals surface area contributed by atoms with Crippen LogP contribution in [0.5, 0.6) is 0 Å². The maximum atomic E-state index is 11.1. The van der Waals surface area contributed by atoms with E-state index in [-0.39, 0.29) is 10.4 Å². The molecule has 0 aliphatic carbocycles. The average Bonchev–Trinajstić information content (AvgIpc) is 1.65. The zero-order chi connectivity index (χ0) is 79.0. The molecule has 5 aromatic heterocycles. The van der Waals surface area contributed by atoms with Gasteiger partial charge in [-0.25, -0.2) is 4.98 Å². The highest BCUT2D eigenvalue weighted by Gasteiger charge is 2.42. The van der Waals surface area contributed by atoms with E-state index in [9.17, 15) is 27.4 Å². The lowest BCUT2D eigenvalue weighted by atomic mass is 10.1. The first-order valence-electron chi connectivity index (χ1n) is 39.9. The SMILES string of the molecule is [2H]c1c([2H])c([2H])c(-n2c3c([2H])c([2H])c([2H])c([2H])c3c3c([2H])c([2H])c([2H])c([2H])c32)c(-c2nc(-c3c([2H])c([2H])c([2H])c([Si](c4ccccc4)(c4ccccc4)c4c([2H])c([2H])c([2H])c(-n5c6c([2H])c([2H])c([2H])c([2H])c6c6c([2H])c([2H])c([2H])c([2H])c65)c4[2H])c3[2H])nc(-n3c4ccccc4c4c5oc6ccccc6c5ccc43)n2)c1[2H]. The number of hydrogen-bond acceptors (Lipinski definition) is 4. The fourth-order valence-electron chi connectivity index (χ4n) is 11.6. The monoisotopic (exact) mass is 1100 g/mol. The molecule has 388 valence electrons. The predicted octanol–water partition coefficient (Wildman–Crippen LogP) is 15.8. The Labute approximate surface area is 517 Å². The molecule has 7 nitrogen and oxygen atoms in total. The van der Waals surface area contributed by atoms with Gasteiger partial charge in [0.1, 0.15) is 11.2 Å². The van der Waals surface area contributed by atoms with Gasteiger partial charge < -0.3 is 13.6 Å². The molecule has 0 spiro atoms. The Kier molecular flexibility index (Phi) is 6.05. The first-order valence-corrected chi connectivity index (χ1v) is 27.9. The second kappa shape index (κ2) is 18.6. The van der Waals surface area contributed by atoms with Crippen LogP contribution in [0.15, 0.2) is 295 Å². The van der Waals surface area contributed by atoms with E-state index in [1.807, 2.05) is 12.1 Å². The van der Waals surface area contributed by atoms with E-state index in [4.69, 9.17) is 30.3 Å². The van der Waals surface area contributed by atoms with Gasteiger partial charge in [0.2, 0.25) is 5.95 Å². The van der Waals surface area contributed by atoms with Crippen molar-refractivity contribution in [3.05, 3.63) is 291 Å². The molecule has 83 heavy (non-hydrogen) atoms. The molecule has 0 amide bonds. The van der Waals surface area contributed by atoms with E-state index in [2.05, 4.69) is 0 Å². The third kappa shape index (κ3) is 7.06. The van der Waals surface area contributed by atoms with E-state index in [0.29, 0.717) is 38.4 Å². The van der Waals surface area contributed by atoms with Crippen molar-refractivity contribution < 1.29 is 42.8 Å². The van der Waals surface area contributed by atoms with Crippen LogP contribution in [0.25, 0.3) is 127 Å². The molecule has 17 rings (SSSR count). The topological polar surface area (TPSA) is 66.6 Å². The maximum absolute atomic E-state index is 11.1. The summed E-state index contributed by atoms with van der Waals surface area (Å²) in [6, 6.07) is 9.00. The first-order chi connectivity index (χ1) is 52.8. The largest absolute Gasteiger partial charge is 0.455 e. The number of benzene rings is 12. The predicted molar refractivity (Wildman–Crippen MR) is 345 cm³/mol. The van der Waals surface area contributed by atoms with Gasteiger partial charge in [-0.3, -0.25) is 4.57 Å². The van der Waals surface area contributed by atoms with Crippen molar-refractivity contribution in [1.29, 1.82) is 0 Å². The van der Waals surface area contributed by atoms with Crippen LogP contribution in [-0.4, -0.2) is 36.7 Å². The van der Waals surface area contributed by atoms with Crippen molar-refractivity contribution in [3.8, 4) is 40.1 Å². The lowest BCUT2D eigenvalue weighted by Gasteiger charge is -2.35. The molecule has 0 aliphatic rings. The Bertz CT molecular complexity index is 6950. The van der Waals surface area contributed by atoms with Crippen LogP contribution in [-0.2, 0) is 0 Å². The number of nitrogens with zero attached hydrogens (tertiary/aromatic N) is 6. The molecule has 0 atom stereocenters. The number of furan rings is 1. The van der Waals surface area contributed by atoms with Gasteiger partial charge in [-0.05, 0) is 93.4 Å². The van der Waals surface area contributed by atoms with Gasteiger partial charge in [-0.2, -0.15) is 9.97 Å². The van der Waals surface area contributed by atoms with E-state index in [0.717, 1.165) is 14.5 Å². The third-order valence-corrected chi connectivity index (χ3v) is 19.4. The number of fused-ring (bicyclic) bond motifs is 13. The van der Waals surface area contributed by atoms with Gasteiger partial charge in [-0.1, -0.05) is 218 Å². The minimum Gasteiger partial charge on any atom is -0.455 e. The molecule has 17 aromatic rings. The van der Waals surface area contributed by atoms with E-state index < -0.39 is 271 Å². The zero-order valence-electron chi connectivity index (χ0n) is 70.6. The van der Waals surface area contributed by atoms with Crippen molar-refractivity contribution >= 4 is 116 Å². The molecular weight excluding hydrogens is 1030 g/mol. The Hall–Kier alpha value is -10.9. The quantitative estimate of drug-likeness (QED) is 0.107. The van der Waals surface area contributed by atoms with Gasteiger partial charge in [0.05, 0.1) is 82.6 Å². The van der Waals surface area contributed by atoms with Crippen molar-refractivity contribution in [2.45, 2.75) is 0 Å². The molecule has 0 fully saturated rings. The van der Waals surface area contributed by atoms with E-state index in [1.54, 1.807) is 109 Å². The summed E-state index contributed by atoms with van der Waals surface area (Å²) in [5.74, 6) is -1.96. The Morgan fingerprint density at radius 1 is 0.349 bits per heavy atom. The normalized spacial score (nSPS) is 16.8. The molecule has 0 aliphatic heterocycles. The van der Waals surface area contributed by atoms with Crippen LogP contribution < -0.4 is 20.7 Å². The number of hydrogen-bond donors (Lipinski definition) is 0. The minimum absolute atomic E-state index is 0.115. The van der Waals surface area contributed by atoms with Gasteiger partial charge in [0, 0.05) is 54.5 Å². The molecule has 0 saturated heterocycles. The zero-order valence-corrected chi connectivity index (χ0v) is 43.6. The van der Waals surface area contributed by atoms with Crippen LogP contribution in [0.1, 0.15) is 38.4 Å². The maximum Gasteiger partial charge on any atom is 0.238 e. The minimum atomic E-state index is -5.33. The molecule has 0 N–H and O–H groups in total. The summed E-state index contributed by atoms with van der Waals surface area (Å²) in [7, 11) is -5.33. The number of rotatable bonds is 9. The molecule has 0 radical (unpaired) electrons. The Morgan fingerprint density at radius 2 is 0.892 bits per heavy atom. The van der Waals surface area contributed by atoms with Crippen molar-refractivity contribution in [3.63, 3.8) is 0 Å². The molecular formula is C75H48N6OSi.